The number of aromatic carboxylic acids is 1. The highest BCUT2D eigenvalue weighted by atomic mass is 16.4. The van der Waals surface area contributed by atoms with Crippen LogP contribution in [0.5, 0.6) is 5.75 Å². The van der Waals surface area contributed by atoms with Crippen molar-refractivity contribution in [2.45, 2.75) is 38.0 Å². The highest BCUT2D eigenvalue weighted by Gasteiger charge is 2.24. The van der Waals surface area contributed by atoms with Crippen molar-refractivity contribution >= 4 is 11.8 Å². The molecule has 4 nitrogen and oxygen atoms in total. The Morgan fingerprint density at radius 3 is 2.07 bits per heavy atom. The van der Waals surface area contributed by atoms with Crippen LogP contribution in [0.3, 0.4) is 0 Å². The van der Waals surface area contributed by atoms with Crippen molar-refractivity contribution in [2.24, 2.45) is 0 Å². The lowest BCUT2D eigenvalue weighted by atomic mass is 9.81. The number of phenolic OH excluding ortho intramolecular Hbond substituents is 1. The summed E-state index contributed by atoms with van der Waals surface area (Å²) < 4.78 is 0. The molecule has 1 aliphatic carbocycles. The molecule has 3 aromatic carbocycles. The Kier molecular flexibility index (Phi) is 5.66. The normalized spacial score (nSPS) is 14.4. The molecule has 152 valence electrons. The van der Waals surface area contributed by atoms with E-state index in [-0.39, 0.29) is 23.0 Å². The first-order valence-electron chi connectivity index (χ1n) is 10.3. The Labute approximate surface area is 175 Å². The van der Waals surface area contributed by atoms with Crippen LogP contribution in [0.1, 0.15) is 69.9 Å². The predicted molar refractivity (Wildman–Crippen MR) is 116 cm³/mol. The van der Waals surface area contributed by atoms with E-state index in [1.54, 1.807) is 54.6 Å². The number of carbonyl (C=O) groups is 2. The van der Waals surface area contributed by atoms with E-state index in [4.69, 9.17) is 5.11 Å². The van der Waals surface area contributed by atoms with Crippen LogP contribution < -0.4 is 0 Å². The third kappa shape index (κ3) is 3.99. The molecule has 0 spiro atoms. The molecule has 3 aromatic rings. The number of aromatic hydroxyl groups is 1. The van der Waals surface area contributed by atoms with Crippen molar-refractivity contribution in [1.82, 2.24) is 0 Å². The standard InChI is InChI=1S/C26H24O4/c27-24(19-9-5-2-6-10-19)23-16-21(17-11-13-20(14-12-17)26(29)30)15-22(25(23)28)18-7-3-1-4-8-18/h2,5-6,9-16,18,28H,1,3-4,7-8H2,(H,29,30). The Hall–Kier alpha value is -3.40. The quantitative estimate of drug-likeness (QED) is 0.512. The number of carboxylic acid groups (broad SMARTS) is 1. The average Bonchev–Trinajstić information content (AvgIpc) is 2.80. The molecule has 30 heavy (non-hydrogen) atoms. The fraction of sp³-hybridized carbons (Fsp3) is 0.231. The molecule has 1 fully saturated rings. The second-order valence-corrected chi connectivity index (χ2v) is 7.87. The van der Waals surface area contributed by atoms with E-state index in [0.29, 0.717) is 11.1 Å². The average molecular weight is 400 g/mol. The van der Waals surface area contributed by atoms with Crippen LogP contribution >= 0.6 is 0 Å². The number of hydrogen-bond donors (Lipinski definition) is 2. The molecule has 0 heterocycles. The van der Waals surface area contributed by atoms with Gasteiger partial charge in [0.15, 0.2) is 5.78 Å². The van der Waals surface area contributed by atoms with Crippen molar-refractivity contribution in [1.29, 1.82) is 0 Å². The van der Waals surface area contributed by atoms with Gasteiger partial charge in [0.05, 0.1) is 11.1 Å². The van der Waals surface area contributed by atoms with Gasteiger partial charge in [-0.2, -0.15) is 0 Å². The number of carboxylic acids is 1. The summed E-state index contributed by atoms with van der Waals surface area (Å²) in [5, 5.41) is 20.2. The zero-order chi connectivity index (χ0) is 21.1. The van der Waals surface area contributed by atoms with E-state index >= 15 is 0 Å². The minimum absolute atomic E-state index is 0.0710. The van der Waals surface area contributed by atoms with E-state index < -0.39 is 5.97 Å². The van der Waals surface area contributed by atoms with Crippen molar-refractivity contribution in [3.05, 3.63) is 89.0 Å². The zero-order valence-electron chi connectivity index (χ0n) is 16.7. The largest absolute Gasteiger partial charge is 0.507 e. The molecule has 4 heteroatoms. The molecule has 0 unspecified atom stereocenters. The van der Waals surface area contributed by atoms with E-state index in [9.17, 15) is 14.7 Å². The Bertz CT molecular complexity index is 1060. The summed E-state index contributed by atoms with van der Waals surface area (Å²) in [7, 11) is 0. The smallest absolute Gasteiger partial charge is 0.335 e. The molecular formula is C26H24O4. The summed E-state index contributed by atoms with van der Waals surface area (Å²) in [6, 6.07) is 19.2. The van der Waals surface area contributed by atoms with Gasteiger partial charge in [0.1, 0.15) is 5.75 Å². The third-order valence-corrected chi connectivity index (χ3v) is 5.93. The molecule has 4 rings (SSSR count). The molecule has 0 saturated heterocycles. The van der Waals surface area contributed by atoms with Gasteiger partial charge in [-0.15, -0.1) is 0 Å². The van der Waals surface area contributed by atoms with Crippen LogP contribution in [0.25, 0.3) is 11.1 Å². The van der Waals surface area contributed by atoms with Gasteiger partial charge in [-0.1, -0.05) is 61.7 Å². The Morgan fingerprint density at radius 2 is 1.43 bits per heavy atom. The van der Waals surface area contributed by atoms with Gasteiger partial charge >= 0.3 is 5.97 Å². The highest BCUT2D eigenvalue weighted by Crippen LogP contribution is 2.41. The maximum absolute atomic E-state index is 13.2. The summed E-state index contributed by atoms with van der Waals surface area (Å²) in [5.74, 6) is -0.898. The molecular weight excluding hydrogens is 376 g/mol. The summed E-state index contributed by atoms with van der Waals surface area (Å²) in [4.78, 5) is 24.4. The lowest BCUT2D eigenvalue weighted by Crippen LogP contribution is -2.09. The predicted octanol–water partition coefficient (Wildman–Crippen LogP) is 6.04. The number of carbonyl (C=O) groups excluding carboxylic acids is 1. The summed E-state index contributed by atoms with van der Waals surface area (Å²) in [6.07, 6.45) is 5.42. The maximum Gasteiger partial charge on any atom is 0.335 e. The van der Waals surface area contributed by atoms with Crippen molar-refractivity contribution in [3.63, 3.8) is 0 Å². The first-order valence-corrected chi connectivity index (χ1v) is 10.3. The lowest BCUT2D eigenvalue weighted by molar-refractivity contribution is 0.0696. The number of benzene rings is 3. The van der Waals surface area contributed by atoms with Crippen LogP contribution in [0.2, 0.25) is 0 Å². The van der Waals surface area contributed by atoms with Gasteiger partial charge in [-0.25, -0.2) is 4.79 Å². The Balaban J connectivity index is 1.83. The highest BCUT2D eigenvalue weighted by molar-refractivity contribution is 6.11. The van der Waals surface area contributed by atoms with Gasteiger partial charge in [-0.05, 0) is 59.7 Å². The zero-order valence-corrected chi connectivity index (χ0v) is 16.7. The van der Waals surface area contributed by atoms with E-state index in [0.717, 1.165) is 42.4 Å². The summed E-state index contributed by atoms with van der Waals surface area (Å²) >= 11 is 0. The monoisotopic (exact) mass is 400 g/mol. The molecule has 0 radical (unpaired) electrons. The van der Waals surface area contributed by atoms with Gasteiger partial charge in [0.25, 0.3) is 0 Å². The van der Waals surface area contributed by atoms with E-state index in [1.807, 2.05) is 12.1 Å². The fourth-order valence-corrected chi connectivity index (χ4v) is 4.27. The first-order chi connectivity index (χ1) is 14.5. The van der Waals surface area contributed by atoms with Crippen molar-refractivity contribution < 1.29 is 19.8 Å². The molecule has 0 aliphatic heterocycles. The molecule has 0 aromatic heterocycles. The van der Waals surface area contributed by atoms with Crippen LogP contribution in [-0.4, -0.2) is 22.0 Å². The molecule has 0 bridgehead atoms. The molecule has 1 saturated carbocycles. The minimum atomic E-state index is -0.977. The van der Waals surface area contributed by atoms with Crippen LogP contribution in [0, 0.1) is 0 Å². The van der Waals surface area contributed by atoms with E-state index in [2.05, 4.69) is 0 Å². The first kappa shape index (κ1) is 19.9. The minimum Gasteiger partial charge on any atom is -0.507 e. The molecule has 1 aliphatic rings. The summed E-state index contributed by atoms with van der Waals surface area (Å²) in [6.45, 7) is 0. The van der Waals surface area contributed by atoms with E-state index in [1.165, 1.54) is 6.42 Å². The maximum atomic E-state index is 13.2. The number of hydrogen-bond acceptors (Lipinski definition) is 3. The van der Waals surface area contributed by atoms with Gasteiger partial charge in [0.2, 0.25) is 0 Å². The molecule has 0 atom stereocenters. The molecule has 0 amide bonds. The fourth-order valence-electron chi connectivity index (χ4n) is 4.27. The lowest BCUT2D eigenvalue weighted by Gasteiger charge is -2.24. The second-order valence-electron chi connectivity index (χ2n) is 7.87. The molecule has 2 N–H and O–H groups in total. The van der Waals surface area contributed by atoms with Crippen LogP contribution in [0.4, 0.5) is 0 Å². The SMILES string of the molecule is O=C(O)c1ccc(-c2cc(C(=O)c3ccccc3)c(O)c(C3CCCCC3)c2)cc1. The number of phenols is 1. The Morgan fingerprint density at radius 1 is 0.767 bits per heavy atom. The second kappa shape index (κ2) is 8.54. The number of rotatable bonds is 5. The van der Waals surface area contributed by atoms with Crippen LogP contribution in [-0.2, 0) is 0 Å². The van der Waals surface area contributed by atoms with Crippen molar-refractivity contribution in [2.75, 3.05) is 0 Å². The van der Waals surface area contributed by atoms with Crippen LogP contribution in [0.15, 0.2) is 66.7 Å². The van der Waals surface area contributed by atoms with Gasteiger partial charge < -0.3 is 10.2 Å². The third-order valence-electron chi connectivity index (χ3n) is 5.93. The number of ketones is 1. The topological polar surface area (TPSA) is 74.6 Å². The summed E-state index contributed by atoms with van der Waals surface area (Å²) in [5.41, 5.74) is 3.48. The van der Waals surface area contributed by atoms with Gasteiger partial charge in [-0.3, -0.25) is 4.79 Å². The van der Waals surface area contributed by atoms with Crippen molar-refractivity contribution in [3.8, 4) is 16.9 Å². The van der Waals surface area contributed by atoms with Gasteiger partial charge in [0, 0.05) is 5.56 Å².